The van der Waals surface area contributed by atoms with Gasteiger partial charge in [-0.15, -0.1) is 0 Å². The SMILES string of the molecule is CN[C@H]1CC[C@H](Oc2cc(F)ccc2C(=O)N2Cc3nn4c(C)c(Cl)c(C)nc4c3C2)C1. The minimum absolute atomic E-state index is 0.0410. The molecule has 32 heavy (non-hydrogen) atoms. The number of aromatic nitrogens is 3. The zero-order valence-electron chi connectivity index (χ0n) is 18.3. The van der Waals surface area contributed by atoms with Gasteiger partial charge >= 0.3 is 0 Å². The fourth-order valence-corrected chi connectivity index (χ4v) is 4.81. The monoisotopic (exact) mass is 457 g/mol. The summed E-state index contributed by atoms with van der Waals surface area (Å²) in [6.45, 7) is 4.50. The quantitative estimate of drug-likeness (QED) is 0.645. The number of ether oxygens (including phenoxy) is 1. The highest BCUT2D eigenvalue weighted by atomic mass is 35.5. The Morgan fingerprint density at radius 2 is 2.09 bits per heavy atom. The second kappa shape index (κ2) is 8.01. The summed E-state index contributed by atoms with van der Waals surface area (Å²) in [4.78, 5) is 19.7. The smallest absolute Gasteiger partial charge is 0.258 e. The number of nitrogens with zero attached hydrogens (tertiary/aromatic N) is 4. The molecule has 2 aliphatic rings. The number of benzene rings is 1. The Morgan fingerprint density at radius 1 is 1.28 bits per heavy atom. The van der Waals surface area contributed by atoms with E-state index in [9.17, 15) is 9.18 Å². The Morgan fingerprint density at radius 3 is 2.84 bits per heavy atom. The van der Waals surface area contributed by atoms with Crippen molar-refractivity contribution < 1.29 is 13.9 Å². The number of amides is 1. The first kappa shape index (κ1) is 21.2. The molecule has 9 heteroatoms. The molecule has 1 amide bonds. The van der Waals surface area contributed by atoms with E-state index in [0.717, 1.165) is 41.9 Å². The van der Waals surface area contributed by atoms with Crippen LogP contribution in [0.5, 0.6) is 5.75 Å². The summed E-state index contributed by atoms with van der Waals surface area (Å²) in [6.07, 6.45) is 2.66. The summed E-state index contributed by atoms with van der Waals surface area (Å²) < 4.78 is 21.8. The van der Waals surface area contributed by atoms with E-state index in [1.54, 1.807) is 9.42 Å². The Hall–Kier alpha value is -2.71. The highest BCUT2D eigenvalue weighted by Gasteiger charge is 2.33. The molecule has 0 radical (unpaired) electrons. The zero-order chi connectivity index (χ0) is 22.6. The summed E-state index contributed by atoms with van der Waals surface area (Å²) in [5.74, 6) is -0.331. The molecule has 3 heterocycles. The third-order valence-electron chi connectivity index (χ3n) is 6.50. The van der Waals surface area contributed by atoms with E-state index >= 15 is 0 Å². The number of fused-ring (bicyclic) bond motifs is 3. The summed E-state index contributed by atoms with van der Waals surface area (Å²) in [6, 6.07) is 4.50. The third-order valence-corrected chi connectivity index (χ3v) is 7.05. The number of hydrogen-bond donors (Lipinski definition) is 1. The van der Waals surface area contributed by atoms with Crippen LogP contribution < -0.4 is 10.1 Å². The Kier molecular flexibility index (Phi) is 5.29. The van der Waals surface area contributed by atoms with E-state index < -0.39 is 5.82 Å². The highest BCUT2D eigenvalue weighted by Crippen LogP contribution is 2.33. The standard InChI is InChI=1S/C23H25ClFN5O2/c1-12-21(24)13(2)30-22(27-12)18-10-29(11-19(18)28-30)23(31)17-7-4-14(25)8-20(17)32-16-6-5-15(9-16)26-3/h4,7-8,15-16,26H,5-6,9-11H2,1-3H3/t15-,16-/m0/s1. The van der Waals surface area contributed by atoms with Crippen molar-refractivity contribution in [2.24, 2.45) is 0 Å². The predicted octanol–water partition coefficient (Wildman–Crippen LogP) is 3.81. The molecule has 1 aliphatic heterocycles. The van der Waals surface area contributed by atoms with Gasteiger partial charge in [-0.05, 0) is 52.3 Å². The topological polar surface area (TPSA) is 71.8 Å². The molecule has 0 unspecified atom stereocenters. The molecule has 0 spiro atoms. The van der Waals surface area contributed by atoms with Gasteiger partial charge in [0.2, 0.25) is 0 Å². The van der Waals surface area contributed by atoms with E-state index in [2.05, 4.69) is 15.4 Å². The van der Waals surface area contributed by atoms with Crippen LogP contribution in [0.4, 0.5) is 4.39 Å². The van der Waals surface area contributed by atoms with Gasteiger partial charge in [0.05, 0.1) is 40.8 Å². The first-order chi connectivity index (χ1) is 15.4. The van der Waals surface area contributed by atoms with E-state index in [1.807, 2.05) is 20.9 Å². The van der Waals surface area contributed by atoms with Crippen molar-refractivity contribution >= 4 is 23.2 Å². The van der Waals surface area contributed by atoms with E-state index in [-0.39, 0.29) is 12.0 Å². The lowest BCUT2D eigenvalue weighted by molar-refractivity contribution is 0.0742. The molecule has 2 atom stereocenters. The molecular formula is C23H25ClFN5O2. The molecule has 7 nitrogen and oxygen atoms in total. The van der Waals surface area contributed by atoms with Gasteiger partial charge in [0.25, 0.3) is 5.91 Å². The first-order valence-corrected chi connectivity index (χ1v) is 11.2. The van der Waals surface area contributed by atoms with Crippen molar-refractivity contribution in [3.05, 3.63) is 57.2 Å². The molecule has 2 aromatic heterocycles. The van der Waals surface area contributed by atoms with Crippen molar-refractivity contribution in [2.75, 3.05) is 7.05 Å². The minimum Gasteiger partial charge on any atom is -0.489 e. The molecule has 1 fully saturated rings. The maximum absolute atomic E-state index is 14.0. The van der Waals surface area contributed by atoms with Gasteiger partial charge in [0.1, 0.15) is 17.7 Å². The molecule has 3 aromatic rings. The maximum atomic E-state index is 14.0. The number of halogens is 2. The molecule has 0 bridgehead atoms. The third kappa shape index (κ3) is 3.51. The number of nitrogens with one attached hydrogen (secondary N) is 1. The minimum atomic E-state index is -0.422. The predicted molar refractivity (Wildman–Crippen MR) is 119 cm³/mol. The highest BCUT2D eigenvalue weighted by molar-refractivity contribution is 6.31. The molecular weight excluding hydrogens is 433 g/mol. The lowest BCUT2D eigenvalue weighted by Crippen LogP contribution is -2.27. The van der Waals surface area contributed by atoms with Crippen LogP contribution >= 0.6 is 11.6 Å². The molecule has 5 rings (SSSR count). The fourth-order valence-electron chi connectivity index (χ4n) is 4.69. The Balaban J connectivity index is 1.41. The molecule has 1 aliphatic carbocycles. The van der Waals surface area contributed by atoms with E-state index in [1.165, 1.54) is 18.2 Å². The summed E-state index contributed by atoms with van der Waals surface area (Å²) in [5, 5.41) is 8.48. The van der Waals surface area contributed by atoms with E-state index in [4.69, 9.17) is 16.3 Å². The first-order valence-electron chi connectivity index (χ1n) is 10.8. The summed E-state index contributed by atoms with van der Waals surface area (Å²) in [5.41, 5.74) is 4.35. The summed E-state index contributed by atoms with van der Waals surface area (Å²) in [7, 11) is 1.93. The molecule has 1 saturated carbocycles. The second-order valence-corrected chi connectivity index (χ2v) is 8.98. The van der Waals surface area contributed by atoms with Gasteiger partial charge in [0, 0.05) is 17.7 Å². The van der Waals surface area contributed by atoms with Crippen LogP contribution in [0.15, 0.2) is 18.2 Å². The van der Waals surface area contributed by atoms with Crippen molar-refractivity contribution in [1.82, 2.24) is 24.8 Å². The van der Waals surface area contributed by atoms with Gasteiger partial charge in [-0.2, -0.15) is 5.10 Å². The van der Waals surface area contributed by atoms with Crippen LogP contribution in [0.3, 0.4) is 0 Å². The molecule has 0 saturated heterocycles. The zero-order valence-corrected chi connectivity index (χ0v) is 19.0. The van der Waals surface area contributed by atoms with Crippen LogP contribution in [0, 0.1) is 19.7 Å². The van der Waals surface area contributed by atoms with Gasteiger partial charge in [-0.25, -0.2) is 13.9 Å². The van der Waals surface area contributed by atoms with Crippen molar-refractivity contribution in [3.8, 4) is 5.75 Å². The maximum Gasteiger partial charge on any atom is 0.258 e. The lowest BCUT2D eigenvalue weighted by atomic mass is 10.1. The van der Waals surface area contributed by atoms with Gasteiger partial charge in [-0.1, -0.05) is 11.6 Å². The average molecular weight is 458 g/mol. The van der Waals surface area contributed by atoms with Gasteiger partial charge < -0.3 is 15.0 Å². The Labute approximate surface area is 190 Å². The molecule has 1 aromatic carbocycles. The van der Waals surface area contributed by atoms with Crippen LogP contribution in [0.1, 0.15) is 52.3 Å². The number of aryl methyl sites for hydroxylation is 2. The summed E-state index contributed by atoms with van der Waals surface area (Å²) >= 11 is 6.32. The number of carbonyl (C=O) groups is 1. The number of hydrogen-bond acceptors (Lipinski definition) is 5. The number of carbonyl (C=O) groups excluding carboxylic acids is 1. The van der Waals surface area contributed by atoms with Crippen LogP contribution in [-0.2, 0) is 13.1 Å². The van der Waals surface area contributed by atoms with Crippen molar-refractivity contribution in [3.63, 3.8) is 0 Å². The van der Waals surface area contributed by atoms with Crippen LogP contribution in [0.2, 0.25) is 5.02 Å². The number of rotatable bonds is 4. The Bertz CT molecular complexity index is 1230. The van der Waals surface area contributed by atoms with Crippen molar-refractivity contribution in [2.45, 2.75) is 58.3 Å². The second-order valence-electron chi connectivity index (χ2n) is 8.60. The average Bonchev–Trinajstić information content (AvgIpc) is 3.47. The van der Waals surface area contributed by atoms with Gasteiger partial charge in [-0.3, -0.25) is 4.79 Å². The lowest BCUT2D eigenvalue weighted by Gasteiger charge is -2.21. The van der Waals surface area contributed by atoms with Crippen LogP contribution in [-0.4, -0.2) is 44.6 Å². The molecule has 1 N–H and O–H groups in total. The van der Waals surface area contributed by atoms with E-state index in [0.29, 0.717) is 41.1 Å². The molecule has 168 valence electrons. The largest absolute Gasteiger partial charge is 0.489 e. The van der Waals surface area contributed by atoms with Crippen molar-refractivity contribution in [1.29, 1.82) is 0 Å². The van der Waals surface area contributed by atoms with Gasteiger partial charge in [0.15, 0.2) is 5.65 Å². The van der Waals surface area contributed by atoms with Crippen LogP contribution in [0.25, 0.3) is 5.65 Å². The normalized spacial score (nSPS) is 20.2. The fraction of sp³-hybridized carbons (Fsp3) is 0.435.